The van der Waals surface area contributed by atoms with Crippen LogP contribution in [-0.2, 0) is 0 Å². The summed E-state index contributed by atoms with van der Waals surface area (Å²) in [5.41, 5.74) is 5.23. The van der Waals surface area contributed by atoms with Gasteiger partial charge in [-0.2, -0.15) is 0 Å². The van der Waals surface area contributed by atoms with E-state index < -0.39 is 0 Å². The zero-order valence-electron chi connectivity index (χ0n) is 8.39. The molecule has 0 amide bonds. The monoisotopic (exact) mass is 169 g/mol. The molecule has 0 aromatic carbocycles. The Morgan fingerprint density at radius 2 is 1.50 bits per heavy atom. The largest absolute Gasteiger partial charge is 0.405 e. The molecule has 0 aliphatic rings. The molecular weight excluding hydrogens is 146 g/mol. The predicted molar refractivity (Wildman–Crippen MR) is 55.9 cm³/mol. The van der Waals surface area contributed by atoms with E-state index >= 15 is 0 Å². The maximum Gasteiger partial charge on any atom is -0.0103 e. The molecule has 0 spiro atoms. The second-order valence-corrected chi connectivity index (χ2v) is 3.34. The summed E-state index contributed by atoms with van der Waals surface area (Å²) in [6.07, 6.45) is 14.5. The van der Waals surface area contributed by atoms with Crippen molar-refractivity contribution in [2.75, 3.05) is 0 Å². The molecule has 0 unspecified atom stereocenters. The molecule has 0 aliphatic carbocycles. The van der Waals surface area contributed by atoms with Crippen LogP contribution in [-0.4, -0.2) is 0 Å². The van der Waals surface area contributed by atoms with Crippen molar-refractivity contribution in [2.45, 2.75) is 58.3 Å². The summed E-state index contributed by atoms with van der Waals surface area (Å²) in [6.45, 7) is 2.26. The number of allylic oxidation sites excluding steroid dienone is 1. The molecule has 0 saturated carbocycles. The SMILES string of the molecule is CCCCCCCCCC=CN. The molecule has 0 radical (unpaired) electrons. The summed E-state index contributed by atoms with van der Waals surface area (Å²) in [4.78, 5) is 0. The molecule has 0 rings (SSSR count). The van der Waals surface area contributed by atoms with Crippen molar-refractivity contribution >= 4 is 0 Å². The quantitative estimate of drug-likeness (QED) is 0.552. The fourth-order valence-corrected chi connectivity index (χ4v) is 1.32. The van der Waals surface area contributed by atoms with Crippen LogP contribution < -0.4 is 5.73 Å². The van der Waals surface area contributed by atoms with Crippen molar-refractivity contribution in [1.29, 1.82) is 0 Å². The van der Waals surface area contributed by atoms with E-state index in [0.29, 0.717) is 0 Å². The van der Waals surface area contributed by atoms with E-state index in [9.17, 15) is 0 Å². The third-order valence-electron chi connectivity index (χ3n) is 2.11. The average molecular weight is 169 g/mol. The molecule has 1 heteroatoms. The third-order valence-corrected chi connectivity index (χ3v) is 2.11. The zero-order chi connectivity index (χ0) is 9.07. The molecule has 0 aromatic rings. The van der Waals surface area contributed by atoms with Gasteiger partial charge in [0, 0.05) is 0 Å². The fraction of sp³-hybridized carbons (Fsp3) is 0.818. The van der Waals surface area contributed by atoms with Gasteiger partial charge in [0.15, 0.2) is 0 Å². The predicted octanol–water partition coefficient (Wildman–Crippen LogP) is 3.60. The number of hydrogen-bond donors (Lipinski definition) is 1. The Bertz CT molecular complexity index is 97.2. The van der Waals surface area contributed by atoms with Crippen molar-refractivity contribution in [3.05, 3.63) is 12.3 Å². The van der Waals surface area contributed by atoms with Gasteiger partial charge in [0.05, 0.1) is 0 Å². The van der Waals surface area contributed by atoms with E-state index in [-0.39, 0.29) is 0 Å². The zero-order valence-corrected chi connectivity index (χ0v) is 8.39. The summed E-state index contributed by atoms with van der Waals surface area (Å²) in [5.74, 6) is 0. The summed E-state index contributed by atoms with van der Waals surface area (Å²) in [7, 11) is 0. The number of unbranched alkanes of at least 4 members (excludes halogenated alkanes) is 7. The molecule has 0 heterocycles. The highest BCUT2D eigenvalue weighted by Crippen LogP contribution is 2.08. The first-order valence-electron chi connectivity index (χ1n) is 5.28. The van der Waals surface area contributed by atoms with E-state index in [1.54, 1.807) is 6.20 Å². The Balaban J connectivity index is 2.81. The van der Waals surface area contributed by atoms with Crippen molar-refractivity contribution < 1.29 is 0 Å². The van der Waals surface area contributed by atoms with Gasteiger partial charge in [-0.3, -0.25) is 0 Å². The smallest absolute Gasteiger partial charge is 0.0103 e. The van der Waals surface area contributed by atoms with Crippen LogP contribution in [0.5, 0.6) is 0 Å². The van der Waals surface area contributed by atoms with Crippen LogP contribution in [0.25, 0.3) is 0 Å². The molecule has 0 atom stereocenters. The summed E-state index contributed by atoms with van der Waals surface area (Å²) in [5, 5.41) is 0. The molecule has 0 aliphatic heterocycles. The number of rotatable bonds is 8. The molecule has 0 bridgehead atoms. The summed E-state index contributed by atoms with van der Waals surface area (Å²) < 4.78 is 0. The maximum atomic E-state index is 5.23. The lowest BCUT2D eigenvalue weighted by atomic mass is 10.1. The van der Waals surface area contributed by atoms with Gasteiger partial charge >= 0.3 is 0 Å². The second kappa shape index (κ2) is 10.5. The van der Waals surface area contributed by atoms with Gasteiger partial charge in [0.25, 0.3) is 0 Å². The van der Waals surface area contributed by atoms with Crippen LogP contribution in [0.15, 0.2) is 12.3 Å². The standard InChI is InChI=1S/C11H23N/c1-2-3-4-5-6-7-8-9-10-11-12/h10-11H,2-9,12H2,1H3. The van der Waals surface area contributed by atoms with Gasteiger partial charge < -0.3 is 5.73 Å². The Kier molecular flexibility index (Phi) is 10.1. The number of nitrogens with two attached hydrogens (primary N) is 1. The van der Waals surface area contributed by atoms with Gasteiger partial charge in [-0.15, -0.1) is 0 Å². The first-order valence-corrected chi connectivity index (χ1v) is 5.28. The summed E-state index contributed by atoms with van der Waals surface area (Å²) >= 11 is 0. The lowest BCUT2D eigenvalue weighted by Crippen LogP contribution is -1.80. The van der Waals surface area contributed by atoms with Gasteiger partial charge in [-0.1, -0.05) is 51.5 Å². The lowest BCUT2D eigenvalue weighted by Gasteiger charge is -1.98. The lowest BCUT2D eigenvalue weighted by molar-refractivity contribution is 0.592. The van der Waals surface area contributed by atoms with Gasteiger partial charge in [-0.25, -0.2) is 0 Å². The van der Waals surface area contributed by atoms with Crippen molar-refractivity contribution in [3.8, 4) is 0 Å². The highest BCUT2D eigenvalue weighted by Gasteiger charge is 1.88. The Morgan fingerprint density at radius 1 is 0.917 bits per heavy atom. The molecular formula is C11H23N. The first kappa shape index (κ1) is 11.5. The van der Waals surface area contributed by atoms with Crippen LogP contribution >= 0.6 is 0 Å². The highest BCUT2D eigenvalue weighted by atomic mass is 14.5. The van der Waals surface area contributed by atoms with Crippen molar-refractivity contribution in [2.24, 2.45) is 5.73 Å². The molecule has 0 saturated heterocycles. The van der Waals surface area contributed by atoms with Crippen LogP contribution in [0.4, 0.5) is 0 Å². The van der Waals surface area contributed by atoms with E-state index in [4.69, 9.17) is 5.73 Å². The Hall–Kier alpha value is -0.460. The topological polar surface area (TPSA) is 26.0 Å². The minimum Gasteiger partial charge on any atom is -0.405 e. The van der Waals surface area contributed by atoms with Gasteiger partial charge in [-0.05, 0) is 19.0 Å². The van der Waals surface area contributed by atoms with Crippen molar-refractivity contribution in [1.82, 2.24) is 0 Å². The van der Waals surface area contributed by atoms with Gasteiger partial charge in [0.2, 0.25) is 0 Å². The van der Waals surface area contributed by atoms with E-state index in [2.05, 4.69) is 6.92 Å². The molecule has 0 fully saturated rings. The highest BCUT2D eigenvalue weighted by molar-refractivity contribution is 4.74. The Morgan fingerprint density at radius 3 is 2.08 bits per heavy atom. The maximum absolute atomic E-state index is 5.23. The van der Waals surface area contributed by atoms with Gasteiger partial charge in [0.1, 0.15) is 0 Å². The van der Waals surface area contributed by atoms with Crippen LogP contribution in [0.1, 0.15) is 58.3 Å². The van der Waals surface area contributed by atoms with Crippen LogP contribution in [0, 0.1) is 0 Å². The second-order valence-electron chi connectivity index (χ2n) is 3.34. The number of hydrogen-bond acceptors (Lipinski definition) is 1. The molecule has 0 aromatic heterocycles. The minimum atomic E-state index is 1.16. The molecule has 1 nitrogen and oxygen atoms in total. The summed E-state index contributed by atoms with van der Waals surface area (Å²) in [6, 6.07) is 0. The fourth-order valence-electron chi connectivity index (χ4n) is 1.32. The van der Waals surface area contributed by atoms with E-state index in [1.807, 2.05) is 6.08 Å². The molecule has 12 heavy (non-hydrogen) atoms. The average Bonchev–Trinajstić information content (AvgIpc) is 2.10. The van der Waals surface area contributed by atoms with E-state index in [1.165, 1.54) is 44.9 Å². The minimum absolute atomic E-state index is 1.16. The normalized spacial score (nSPS) is 11.1. The Labute approximate surface area is 77.0 Å². The molecule has 72 valence electrons. The van der Waals surface area contributed by atoms with E-state index in [0.717, 1.165) is 6.42 Å². The molecule has 2 N–H and O–H groups in total. The third kappa shape index (κ3) is 9.54. The van der Waals surface area contributed by atoms with Crippen LogP contribution in [0.3, 0.4) is 0 Å². The first-order chi connectivity index (χ1) is 5.91. The van der Waals surface area contributed by atoms with Crippen LogP contribution in [0.2, 0.25) is 0 Å². The van der Waals surface area contributed by atoms with Crippen molar-refractivity contribution in [3.63, 3.8) is 0 Å².